The average Bonchev–Trinajstić information content (AvgIpc) is 2.77. The maximum absolute atomic E-state index is 12.5. The topological polar surface area (TPSA) is 38.1 Å². The highest BCUT2D eigenvalue weighted by molar-refractivity contribution is 6.02. The summed E-state index contributed by atoms with van der Waals surface area (Å²) < 4.78 is 1.78. The van der Waals surface area contributed by atoms with Crippen LogP contribution in [0.3, 0.4) is 0 Å². The Bertz CT molecular complexity index is 378. The number of aryl methyl sites for hydroxylation is 1. The zero-order chi connectivity index (χ0) is 13.1. The molecule has 1 heterocycles. The molecular formula is C13H23N3O. The lowest BCUT2D eigenvalue weighted by molar-refractivity contribution is 0.0668. The maximum atomic E-state index is 12.5. The van der Waals surface area contributed by atoms with E-state index in [0.717, 1.165) is 19.6 Å². The van der Waals surface area contributed by atoms with Crippen LogP contribution in [0.25, 0.3) is 0 Å². The van der Waals surface area contributed by atoms with Gasteiger partial charge < -0.3 is 0 Å². The summed E-state index contributed by atoms with van der Waals surface area (Å²) in [6.07, 6.45) is 3.49. The molecule has 0 spiro atoms. The molecule has 96 valence electrons. The number of ketones is 1. The quantitative estimate of drug-likeness (QED) is 0.712. The Hall–Kier alpha value is -1.16. The zero-order valence-electron chi connectivity index (χ0n) is 11.5. The minimum atomic E-state index is -0.467. The third kappa shape index (κ3) is 2.75. The van der Waals surface area contributed by atoms with Gasteiger partial charge >= 0.3 is 0 Å². The Morgan fingerprint density at radius 3 is 2.35 bits per heavy atom. The van der Waals surface area contributed by atoms with E-state index < -0.39 is 5.54 Å². The summed E-state index contributed by atoms with van der Waals surface area (Å²) in [5, 5.41) is 4.16. The van der Waals surface area contributed by atoms with E-state index >= 15 is 0 Å². The van der Waals surface area contributed by atoms with Crippen LogP contribution in [0.1, 0.15) is 45.0 Å². The van der Waals surface area contributed by atoms with Crippen molar-refractivity contribution in [1.29, 1.82) is 0 Å². The van der Waals surface area contributed by atoms with Gasteiger partial charge in [0, 0.05) is 12.7 Å². The molecule has 1 aromatic rings. The Balaban J connectivity index is 2.94. The van der Waals surface area contributed by atoms with Crippen LogP contribution < -0.4 is 0 Å². The van der Waals surface area contributed by atoms with Gasteiger partial charge in [-0.05, 0) is 33.9 Å². The van der Waals surface area contributed by atoms with Crippen LogP contribution in [0.2, 0.25) is 0 Å². The van der Waals surface area contributed by atoms with E-state index in [0.29, 0.717) is 5.56 Å². The van der Waals surface area contributed by atoms with Crippen molar-refractivity contribution in [1.82, 2.24) is 14.7 Å². The highest BCUT2D eigenvalue weighted by Gasteiger charge is 2.34. The molecule has 4 nitrogen and oxygen atoms in total. The predicted molar refractivity (Wildman–Crippen MR) is 69.2 cm³/mol. The van der Waals surface area contributed by atoms with E-state index in [1.165, 1.54) is 0 Å². The first-order chi connectivity index (χ1) is 7.97. The number of likely N-dealkylation sites (N-methyl/N-ethyl adjacent to an activating group) is 1. The fourth-order valence-corrected chi connectivity index (χ4v) is 2.16. The lowest BCUT2D eigenvalue weighted by Gasteiger charge is -2.35. The fraction of sp³-hybridized carbons (Fsp3) is 0.692. The van der Waals surface area contributed by atoms with Crippen molar-refractivity contribution in [3.63, 3.8) is 0 Å². The van der Waals surface area contributed by atoms with Gasteiger partial charge in [0.15, 0.2) is 5.78 Å². The van der Waals surface area contributed by atoms with Crippen molar-refractivity contribution >= 4 is 5.78 Å². The van der Waals surface area contributed by atoms with Crippen molar-refractivity contribution < 1.29 is 4.79 Å². The monoisotopic (exact) mass is 237 g/mol. The molecule has 0 N–H and O–H groups in total. The van der Waals surface area contributed by atoms with Crippen LogP contribution in [0, 0.1) is 0 Å². The van der Waals surface area contributed by atoms with Gasteiger partial charge in [0.2, 0.25) is 0 Å². The number of aromatic nitrogens is 2. The molecule has 0 bridgehead atoms. The molecule has 4 heteroatoms. The van der Waals surface area contributed by atoms with Gasteiger partial charge in [0.25, 0.3) is 0 Å². The largest absolute Gasteiger partial charge is 0.292 e. The number of hydrogen-bond donors (Lipinski definition) is 0. The standard InChI is InChI=1S/C13H23N3O/c1-6-15(7-2)13(4,5)12(17)11-9-14-16(8-3)10-11/h9-10H,6-8H2,1-5H3. The van der Waals surface area contributed by atoms with Gasteiger partial charge in [-0.15, -0.1) is 0 Å². The van der Waals surface area contributed by atoms with Crippen LogP contribution in [0.4, 0.5) is 0 Å². The molecule has 0 aromatic carbocycles. The number of carbonyl (C=O) groups is 1. The minimum absolute atomic E-state index is 0.140. The molecule has 0 aliphatic rings. The summed E-state index contributed by atoms with van der Waals surface area (Å²) in [5.74, 6) is 0.140. The number of carbonyl (C=O) groups excluding carboxylic acids is 1. The van der Waals surface area contributed by atoms with Crippen molar-refractivity contribution in [2.24, 2.45) is 0 Å². The van der Waals surface area contributed by atoms with Gasteiger partial charge in [-0.1, -0.05) is 13.8 Å². The number of rotatable bonds is 6. The normalized spacial score (nSPS) is 12.1. The molecule has 0 radical (unpaired) electrons. The highest BCUT2D eigenvalue weighted by atomic mass is 16.1. The summed E-state index contributed by atoms with van der Waals surface area (Å²) in [6.45, 7) is 12.7. The summed E-state index contributed by atoms with van der Waals surface area (Å²) in [4.78, 5) is 14.6. The highest BCUT2D eigenvalue weighted by Crippen LogP contribution is 2.20. The fourth-order valence-electron chi connectivity index (χ4n) is 2.16. The molecule has 0 saturated heterocycles. The van der Waals surface area contributed by atoms with Gasteiger partial charge in [0.05, 0.1) is 17.3 Å². The molecule has 1 rings (SSSR count). The van der Waals surface area contributed by atoms with E-state index in [1.807, 2.05) is 27.0 Å². The van der Waals surface area contributed by atoms with Crippen LogP contribution >= 0.6 is 0 Å². The van der Waals surface area contributed by atoms with E-state index in [9.17, 15) is 4.79 Å². The number of nitrogens with zero attached hydrogens (tertiary/aromatic N) is 3. The lowest BCUT2D eigenvalue weighted by Crippen LogP contribution is -2.49. The molecule has 0 aliphatic heterocycles. The molecule has 0 fully saturated rings. The SMILES string of the molecule is CCN(CC)C(C)(C)C(=O)c1cnn(CC)c1. The Morgan fingerprint density at radius 2 is 1.94 bits per heavy atom. The molecule has 0 unspecified atom stereocenters. The average molecular weight is 237 g/mol. The molecule has 0 amide bonds. The summed E-state index contributed by atoms with van der Waals surface area (Å²) >= 11 is 0. The van der Waals surface area contributed by atoms with Crippen LogP contribution in [-0.2, 0) is 6.54 Å². The van der Waals surface area contributed by atoms with Crippen molar-refractivity contribution in [2.75, 3.05) is 13.1 Å². The van der Waals surface area contributed by atoms with Crippen LogP contribution in [0.15, 0.2) is 12.4 Å². The van der Waals surface area contributed by atoms with E-state index in [-0.39, 0.29) is 5.78 Å². The van der Waals surface area contributed by atoms with E-state index in [4.69, 9.17) is 0 Å². The molecule has 0 aliphatic carbocycles. The predicted octanol–water partition coefficient (Wildman–Crippen LogP) is 2.21. The van der Waals surface area contributed by atoms with Gasteiger partial charge in [-0.3, -0.25) is 14.4 Å². The first-order valence-corrected chi connectivity index (χ1v) is 6.29. The Labute approximate surface area is 104 Å². The second-order valence-corrected chi connectivity index (χ2v) is 4.65. The zero-order valence-corrected chi connectivity index (χ0v) is 11.5. The lowest BCUT2D eigenvalue weighted by atomic mass is 9.93. The smallest absolute Gasteiger partial charge is 0.185 e. The molecule has 1 aromatic heterocycles. The third-order valence-corrected chi connectivity index (χ3v) is 3.33. The first kappa shape index (κ1) is 13.9. The van der Waals surface area contributed by atoms with Gasteiger partial charge in [-0.25, -0.2) is 0 Å². The second-order valence-electron chi connectivity index (χ2n) is 4.65. The molecule has 0 saturated carbocycles. The Kier molecular flexibility index (Phi) is 4.46. The summed E-state index contributed by atoms with van der Waals surface area (Å²) in [5.41, 5.74) is 0.231. The minimum Gasteiger partial charge on any atom is -0.292 e. The summed E-state index contributed by atoms with van der Waals surface area (Å²) in [7, 11) is 0. The van der Waals surface area contributed by atoms with E-state index in [1.54, 1.807) is 10.9 Å². The van der Waals surface area contributed by atoms with Crippen LogP contribution in [0.5, 0.6) is 0 Å². The summed E-state index contributed by atoms with van der Waals surface area (Å²) in [6, 6.07) is 0. The maximum Gasteiger partial charge on any atom is 0.185 e. The molecule has 0 atom stereocenters. The van der Waals surface area contributed by atoms with Crippen molar-refractivity contribution in [2.45, 2.75) is 46.7 Å². The first-order valence-electron chi connectivity index (χ1n) is 6.29. The number of Topliss-reactive ketones (excluding diaryl/α,β-unsaturated/α-hetero) is 1. The number of hydrogen-bond acceptors (Lipinski definition) is 3. The second kappa shape index (κ2) is 5.45. The molecule has 17 heavy (non-hydrogen) atoms. The van der Waals surface area contributed by atoms with Crippen molar-refractivity contribution in [3.05, 3.63) is 18.0 Å². The van der Waals surface area contributed by atoms with Crippen LogP contribution in [-0.4, -0.2) is 39.1 Å². The van der Waals surface area contributed by atoms with Gasteiger partial charge in [-0.2, -0.15) is 5.10 Å². The van der Waals surface area contributed by atoms with E-state index in [2.05, 4.69) is 23.8 Å². The third-order valence-electron chi connectivity index (χ3n) is 3.33. The van der Waals surface area contributed by atoms with Gasteiger partial charge in [0.1, 0.15) is 0 Å². The van der Waals surface area contributed by atoms with Crippen molar-refractivity contribution in [3.8, 4) is 0 Å². The Morgan fingerprint density at radius 1 is 1.35 bits per heavy atom. The molecular weight excluding hydrogens is 214 g/mol.